The maximum absolute atomic E-state index is 8.59. The molecule has 0 aromatic rings. The van der Waals surface area contributed by atoms with Crippen molar-refractivity contribution in [1.29, 1.82) is 0 Å². The average Bonchev–Trinajstić information content (AvgIpc) is 3.26. The molecule has 384 valence electrons. The van der Waals surface area contributed by atoms with Gasteiger partial charge in [0.1, 0.15) is 0 Å². The van der Waals surface area contributed by atoms with Crippen molar-refractivity contribution in [3.8, 4) is 0 Å². The summed E-state index contributed by atoms with van der Waals surface area (Å²) in [5.74, 6) is 0. The fraction of sp³-hybridized carbons (Fsp3) is 1.00. The van der Waals surface area contributed by atoms with Gasteiger partial charge in [-0.05, 0) is 64.2 Å². The molecule has 0 saturated carbocycles. The minimum atomic E-state index is -5.75. The van der Waals surface area contributed by atoms with Crippen molar-refractivity contribution in [3.63, 3.8) is 0 Å². The van der Waals surface area contributed by atoms with E-state index < -0.39 is 28.1 Å². The SMILES string of the molecule is CCCCCCCCCCCCCCCC[P+](CCCC)(CCCC)CCCC.CCCCCCCCCCCCCCCC[P+](CCCC)(CCCC)CCCC.[O]=[Cr](=[O])([O-])[O-]. The summed E-state index contributed by atoms with van der Waals surface area (Å²) >= 11 is -5.75. The van der Waals surface area contributed by atoms with Crippen LogP contribution in [0.1, 0.15) is 312 Å². The molecule has 0 N–H and O–H groups in total. The Hall–Kier alpha value is 0.912. The van der Waals surface area contributed by atoms with Crippen LogP contribution in [0.5, 0.6) is 0 Å². The molecule has 0 saturated heterocycles. The molecular formula is C56H120CrO4P2. The Morgan fingerprint density at radius 2 is 0.333 bits per heavy atom. The van der Waals surface area contributed by atoms with Gasteiger partial charge >= 0.3 is 29.5 Å². The molecular weight excluding hydrogens is 851 g/mol. The van der Waals surface area contributed by atoms with E-state index in [1.165, 1.54) is 244 Å². The van der Waals surface area contributed by atoms with Crippen LogP contribution in [0.2, 0.25) is 0 Å². The Morgan fingerprint density at radius 1 is 0.222 bits per heavy atom. The van der Waals surface area contributed by atoms with Gasteiger partial charge in [-0.25, -0.2) is 0 Å². The van der Waals surface area contributed by atoms with Crippen LogP contribution in [0.3, 0.4) is 0 Å². The Bertz CT molecular complexity index is 834. The first-order valence-corrected chi connectivity index (χ1v) is 36.0. The molecule has 0 aliphatic heterocycles. The van der Waals surface area contributed by atoms with Crippen LogP contribution >= 0.6 is 14.5 Å². The van der Waals surface area contributed by atoms with E-state index in [4.69, 9.17) is 15.9 Å². The molecule has 0 heterocycles. The van der Waals surface area contributed by atoms with Crippen LogP contribution in [0.4, 0.5) is 0 Å². The molecule has 0 bridgehead atoms. The zero-order valence-electron chi connectivity index (χ0n) is 44.9. The molecule has 4 nitrogen and oxygen atoms in total. The van der Waals surface area contributed by atoms with Crippen LogP contribution in [-0.2, 0) is 21.2 Å². The van der Waals surface area contributed by atoms with Gasteiger partial charge in [0, 0.05) is 14.5 Å². The third kappa shape index (κ3) is 55.4. The van der Waals surface area contributed by atoms with Crippen LogP contribution in [0.25, 0.3) is 0 Å². The molecule has 0 unspecified atom stereocenters. The van der Waals surface area contributed by atoms with E-state index >= 15 is 0 Å². The van der Waals surface area contributed by atoms with Crippen LogP contribution in [-0.4, -0.2) is 49.3 Å². The summed E-state index contributed by atoms with van der Waals surface area (Å²) in [6.45, 7) is 19.0. The topological polar surface area (TPSA) is 80.3 Å². The van der Waals surface area contributed by atoms with E-state index in [0.717, 1.165) is 0 Å². The number of unbranched alkanes of at least 4 members (excludes halogenated alkanes) is 32. The first-order valence-electron chi connectivity index (χ1n) is 28.9. The van der Waals surface area contributed by atoms with Crippen molar-refractivity contribution in [2.45, 2.75) is 312 Å². The second-order valence-electron chi connectivity index (χ2n) is 20.2. The van der Waals surface area contributed by atoms with Gasteiger partial charge < -0.3 is 0 Å². The van der Waals surface area contributed by atoms with Crippen LogP contribution in [0.15, 0.2) is 0 Å². The number of rotatable bonds is 48. The predicted molar refractivity (Wildman–Crippen MR) is 284 cm³/mol. The first-order chi connectivity index (χ1) is 30.5. The first kappa shape index (κ1) is 68.2. The maximum atomic E-state index is 8.59. The van der Waals surface area contributed by atoms with E-state index in [9.17, 15) is 0 Å². The zero-order chi connectivity index (χ0) is 47.4. The quantitative estimate of drug-likeness (QED) is 0.0449. The third-order valence-corrected chi connectivity index (χ3v) is 24.0. The van der Waals surface area contributed by atoms with Gasteiger partial charge in [0.05, 0.1) is 49.3 Å². The third-order valence-electron chi connectivity index (χ3n) is 13.9. The molecule has 0 spiro atoms. The van der Waals surface area contributed by atoms with Crippen molar-refractivity contribution in [2.75, 3.05) is 49.3 Å². The number of hydrogen-bond acceptors (Lipinski definition) is 4. The summed E-state index contributed by atoms with van der Waals surface area (Å²) in [4.78, 5) is 0. The Balaban J connectivity index is -0.00000103. The van der Waals surface area contributed by atoms with E-state index in [1.807, 2.05) is 0 Å². The van der Waals surface area contributed by atoms with Gasteiger partial charge in [0.2, 0.25) is 0 Å². The van der Waals surface area contributed by atoms with Crippen LogP contribution < -0.4 is 8.32 Å². The summed E-state index contributed by atoms with van der Waals surface area (Å²) in [5, 5.41) is 0. The summed E-state index contributed by atoms with van der Waals surface area (Å²) in [6, 6.07) is 0. The molecule has 0 aromatic heterocycles. The monoisotopic (exact) mass is 971 g/mol. The molecule has 0 amide bonds. The fourth-order valence-electron chi connectivity index (χ4n) is 9.59. The molecule has 0 radical (unpaired) electrons. The van der Waals surface area contributed by atoms with Crippen molar-refractivity contribution < 1.29 is 29.5 Å². The Morgan fingerprint density at radius 3 is 0.476 bits per heavy atom. The second kappa shape index (κ2) is 53.9. The van der Waals surface area contributed by atoms with Crippen molar-refractivity contribution in [1.82, 2.24) is 0 Å². The van der Waals surface area contributed by atoms with Gasteiger partial charge in [0.15, 0.2) is 0 Å². The van der Waals surface area contributed by atoms with Crippen molar-refractivity contribution >= 4 is 14.5 Å². The number of hydrogen-bond donors (Lipinski definition) is 0. The van der Waals surface area contributed by atoms with E-state index in [-0.39, 0.29) is 0 Å². The molecule has 0 atom stereocenters. The molecule has 0 aromatic carbocycles. The summed E-state index contributed by atoms with van der Waals surface area (Å²) in [5.41, 5.74) is 0. The summed E-state index contributed by atoms with van der Waals surface area (Å²) in [6.07, 6.45) is 71.9. The van der Waals surface area contributed by atoms with E-state index in [0.29, 0.717) is 0 Å². The zero-order valence-corrected chi connectivity index (χ0v) is 47.9. The van der Waals surface area contributed by atoms with Crippen molar-refractivity contribution in [2.24, 2.45) is 0 Å². The normalized spacial score (nSPS) is 12.0. The van der Waals surface area contributed by atoms with Gasteiger partial charge in [-0.1, -0.05) is 248 Å². The standard InChI is InChI=1S/2C28H60P.Cr.4O/c2*1-5-9-13-14-15-16-17-18-19-20-21-22-23-24-28-29(25-10-6-2,26-11-7-3)27-12-8-4;;;;;/h2*5-28H2,1-4H3;;;;;/q2*+1;;;;2*-1. The van der Waals surface area contributed by atoms with Gasteiger partial charge in [-0.2, -0.15) is 0 Å². The Labute approximate surface area is 403 Å². The minimum absolute atomic E-state index is 0.630. The fourth-order valence-corrected chi connectivity index (χ4v) is 20.0. The summed E-state index contributed by atoms with van der Waals surface area (Å²) < 4.78 is 34.4. The Kier molecular flexibility index (Phi) is 58.3. The van der Waals surface area contributed by atoms with E-state index in [1.54, 1.807) is 62.1 Å². The van der Waals surface area contributed by atoms with Gasteiger partial charge in [0.25, 0.3) is 0 Å². The van der Waals surface area contributed by atoms with Crippen LogP contribution in [0, 0.1) is 0 Å². The molecule has 0 aliphatic carbocycles. The molecule has 7 heteroatoms. The van der Waals surface area contributed by atoms with Crippen molar-refractivity contribution in [3.05, 3.63) is 0 Å². The average molecular weight is 972 g/mol. The molecule has 0 fully saturated rings. The molecule has 0 rings (SSSR count). The van der Waals surface area contributed by atoms with Gasteiger partial charge in [-0.15, -0.1) is 0 Å². The van der Waals surface area contributed by atoms with E-state index in [2.05, 4.69) is 55.4 Å². The van der Waals surface area contributed by atoms with Gasteiger partial charge in [-0.3, -0.25) is 0 Å². The molecule has 63 heavy (non-hydrogen) atoms. The molecule has 0 aliphatic rings. The second-order valence-corrected chi connectivity index (χ2v) is 30.4. The predicted octanol–water partition coefficient (Wildman–Crippen LogP) is 19.2. The summed E-state index contributed by atoms with van der Waals surface area (Å²) in [7, 11) is -1.26.